The number of carbonyl (C=O) groups is 1. The fourth-order valence-electron chi connectivity index (χ4n) is 3.71. The minimum absolute atomic E-state index is 0.0111. The smallest absolute Gasteiger partial charge is 0.233 e. The first-order chi connectivity index (χ1) is 14.2. The van der Waals surface area contributed by atoms with Crippen LogP contribution in [0.1, 0.15) is 37.2 Å². The second kappa shape index (κ2) is 9.49. The lowest BCUT2D eigenvalue weighted by atomic mass is 9.87. The van der Waals surface area contributed by atoms with E-state index in [0.29, 0.717) is 35.2 Å². The summed E-state index contributed by atoms with van der Waals surface area (Å²) >= 11 is 9.40. The van der Waals surface area contributed by atoms with E-state index >= 15 is 0 Å². The van der Waals surface area contributed by atoms with E-state index < -0.39 is 15.8 Å². The van der Waals surface area contributed by atoms with Crippen LogP contribution in [-0.4, -0.2) is 36.6 Å². The highest BCUT2D eigenvalue weighted by Gasteiger charge is 2.32. The molecule has 30 heavy (non-hydrogen) atoms. The van der Waals surface area contributed by atoms with Gasteiger partial charge in [-0.2, -0.15) is 4.91 Å². The van der Waals surface area contributed by atoms with E-state index in [0.717, 1.165) is 12.7 Å². The Hall–Kier alpha value is -1.91. The number of hydrogen-bond donors (Lipinski definition) is 1. The molecule has 1 fully saturated rings. The Kier molecular flexibility index (Phi) is 7.20. The molecule has 2 aromatic rings. The second-order valence-electron chi connectivity index (χ2n) is 7.40. The molecular weight excluding hydrogens is 496 g/mol. The molecule has 3 atom stereocenters. The molecular formula is C19H20BrClN4O4S. The average Bonchev–Trinajstić information content (AvgIpc) is 3.14. The van der Waals surface area contributed by atoms with Crippen molar-refractivity contribution >= 4 is 49.1 Å². The molecule has 11 heteroatoms. The van der Waals surface area contributed by atoms with E-state index in [1.165, 1.54) is 24.5 Å². The van der Waals surface area contributed by atoms with Gasteiger partial charge in [0.05, 0.1) is 34.3 Å². The van der Waals surface area contributed by atoms with Crippen molar-refractivity contribution < 1.29 is 13.2 Å². The summed E-state index contributed by atoms with van der Waals surface area (Å²) in [5.74, 6) is -0.465. The fraction of sp³-hybridized carbons (Fsp3) is 0.421. The van der Waals surface area contributed by atoms with Crippen molar-refractivity contribution in [2.75, 3.05) is 11.6 Å². The maximum absolute atomic E-state index is 13.1. The number of benzene rings is 1. The molecule has 1 aliphatic rings. The molecule has 1 heterocycles. The van der Waals surface area contributed by atoms with Crippen LogP contribution >= 0.6 is 27.5 Å². The first-order valence-electron chi connectivity index (χ1n) is 9.27. The van der Waals surface area contributed by atoms with Crippen LogP contribution in [0, 0.1) is 10.8 Å². The van der Waals surface area contributed by atoms with Gasteiger partial charge in [0.1, 0.15) is 4.60 Å². The quantitative estimate of drug-likeness (QED) is 0.548. The topological polar surface area (TPSA) is 118 Å². The van der Waals surface area contributed by atoms with E-state index in [1.807, 2.05) is 0 Å². The number of hydrogen-bond acceptors (Lipinski definition) is 7. The van der Waals surface area contributed by atoms with Crippen LogP contribution < -0.4 is 5.32 Å². The third kappa shape index (κ3) is 5.61. The lowest BCUT2D eigenvalue weighted by molar-refractivity contribution is -0.118. The van der Waals surface area contributed by atoms with Gasteiger partial charge in [-0.3, -0.25) is 4.79 Å². The molecule has 1 saturated carbocycles. The van der Waals surface area contributed by atoms with Crippen molar-refractivity contribution in [3.63, 3.8) is 0 Å². The third-order valence-corrected chi connectivity index (χ3v) is 7.17. The summed E-state index contributed by atoms with van der Waals surface area (Å²) in [5.41, 5.74) is 0.595. The largest absolute Gasteiger partial charge is 0.309 e. The van der Waals surface area contributed by atoms with E-state index in [9.17, 15) is 18.1 Å². The zero-order valence-electron chi connectivity index (χ0n) is 16.1. The van der Waals surface area contributed by atoms with Gasteiger partial charge in [0.2, 0.25) is 5.91 Å². The van der Waals surface area contributed by atoms with Gasteiger partial charge in [-0.15, -0.1) is 0 Å². The number of nitrogens with zero attached hydrogens (tertiary/aromatic N) is 3. The molecule has 0 bridgehead atoms. The standard InChI is InChI=1S/C19H20BrClN4O4S/c1-30(28,29)16-5-3-12(8-15(16)21)14(7-11-2-4-13(6-11)25-27)19(26)24-18-10-22-17(20)9-23-18/h3,5,8-11,13-14H,2,4,6-7H2,1H3,(H,23,24,26)/t11?,13?,14-/m1/s1. The lowest BCUT2D eigenvalue weighted by Crippen LogP contribution is -2.24. The van der Waals surface area contributed by atoms with Crippen LogP contribution in [0.5, 0.6) is 0 Å². The van der Waals surface area contributed by atoms with Crippen molar-refractivity contribution in [3.05, 3.63) is 50.7 Å². The zero-order valence-corrected chi connectivity index (χ0v) is 19.2. The van der Waals surface area contributed by atoms with Crippen LogP contribution in [0.25, 0.3) is 0 Å². The predicted octanol–water partition coefficient (Wildman–Crippen LogP) is 4.34. The zero-order chi connectivity index (χ0) is 21.9. The van der Waals surface area contributed by atoms with Crippen LogP contribution in [0.2, 0.25) is 5.02 Å². The van der Waals surface area contributed by atoms with Gasteiger partial charge in [0.15, 0.2) is 15.7 Å². The van der Waals surface area contributed by atoms with Crippen LogP contribution in [0.3, 0.4) is 0 Å². The maximum Gasteiger partial charge on any atom is 0.233 e. The minimum atomic E-state index is -3.48. The van der Waals surface area contributed by atoms with Gasteiger partial charge in [0.25, 0.3) is 0 Å². The van der Waals surface area contributed by atoms with Gasteiger partial charge >= 0.3 is 0 Å². The van der Waals surface area contributed by atoms with E-state index in [4.69, 9.17) is 11.6 Å². The van der Waals surface area contributed by atoms with Crippen molar-refractivity contribution in [1.82, 2.24) is 9.97 Å². The maximum atomic E-state index is 13.1. The minimum Gasteiger partial charge on any atom is -0.309 e. The monoisotopic (exact) mass is 514 g/mol. The highest BCUT2D eigenvalue weighted by Crippen LogP contribution is 2.37. The number of sulfone groups is 1. The van der Waals surface area contributed by atoms with Crippen LogP contribution in [-0.2, 0) is 14.6 Å². The Balaban J connectivity index is 1.88. The number of aromatic nitrogens is 2. The molecule has 0 radical (unpaired) electrons. The van der Waals surface area contributed by atoms with E-state index in [-0.39, 0.29) is 27.8 Å². The Bertz CT molecular complexity index is 1050. The molecule has 1 aromatic heterocycles. The van der Waals surface area contributed by atoms with Crippen molar-refractivity contribution in [2.24, 2.45) is 11.1 Å². The third-order valence-electron chi connectivity index (χ3n) is 5.18. The summed E-state index contributed by atoms with van der Waals surface area (Å²) in [6.07, 6.45) is 6.59. The van der Waals surface area contributed by atoms with Crippen molar-refractivity contribution in [1.29, 1.82) is 0 Å². The highest BCUT2D eigenvalue weighted by atomic mass is 79.9. The molecule has 1 amide bonds. The molecule has 1 aromatic carbocycles. The number of nitroso groups, excluding NO2 is 1. The summed E-state index contributed by atoms with van der Waals surface area (Å²) < 4.78 is 24.3. The van der Waals surface area contributed by atoms with E-state index in [2.05, 4.69) is 36.4 Å². The molecule has 1 aliphatic carbocycles. The SMILES string of the molecule is CS(=O)(=O)c1ccc([C@@H](CC2CCC(N=O)C2)C(=O)Nc2cnc(Br)cn2)cc1Cl. The van der Waals surface area contributed by atoms with Gasteiger partial charge in [-0.1, -0.05) is 22.8 Å². The number of carbonyl (C=O) groups excluding carboxylic acids is 1. The fourth-order valence-corrected chi connectivity index (χ4v) is 5.25. The molecule has 0 saturated heterocycles. The van der Waals surface area contributed by atoms with Gasteiger partial charge in [0, 0.05) is 6.26 Å². The molecule has 160 valence electrons. The highest BCUT2D eigenvalue weighted by molar-refractivity contribution is 9.10. The Morgan fingerprint density at radius 2 is 2.10 bits per heavy atom. The second-order valence-corrected chi connectivity index (χ2v) is 10.6. The molecule has 0 spiro atoms. The number of rotatable bonds is 7. The summed E-state index contributed by atoms with van der Waals surface area (Å²) in [5, 5.41) is 5.95. The van der Waals surface area contributed by atoms with E-state index in [1.54, 1.807) is 6.07 Å². The average molecular weight is 516 g/mol. The first kappa shape index (κ1) is 22.8. The molecule has 0 aliphatic heterocycles. The number of halogens is 2. The van der Waals surface area contributed by atoms with Gasteiger partial charge in [-0.25, -0.2) is 18.4 Å². The number of nitrogens with one attached hydrogen (secondary N) is 1. The predicted molar refractivity (Wildman–Crippen MR) is 117 cm³/mol. The molecule has 1 N–H and O–H groups in total. The Morgan fingerprint density at radius 1 is 1.33 bits per heavy atom. The molecule has 8 nitrogen and oxygen atoms in total. The van der Waals surface area contributed by atoms with Gasteiger partial charge < -0.3 is 5.32 Å². The number of amides is 1. The molecule has 2 unspecified atom stereocenters. The summed E-state index contributed by atoms with van der Waals surface area (Å²) in [6, 6.07) is 4.30. The molecule has 3 rings (SSSR count). The lowest BCUT2D eigenvalue weighted by Gasteiger charge is -2.21. The summed E-state index contributed by atoms with van der Waals surface area (Å²) in [4.78, 5) is 32.1. The summed E-state index contributed by atoms with van der Waals surface area (Å²) in [6.45, 7) is 0. The van der Waals surface area contributed by atoms with Crippen molar-refractivity contribution in [2.45, 2.75) is 42.5 Å². The summed E-state index contributed by atoms with van der Waals surface area (Å²) in [7, 11) is -3.48. The van der Waals surface area contributed by atoms with Crippen molar-refractivity contribution in [3.8, 4) is 0 Å². The van der Waals surface area contributed by atoms with Gasteiger partial charge in [-0.05, 0) is 65.2 Å². The van der Waals surface area contributed by atoms with Crippen LogP contribution in [0.4, 0.5) is 5.82 Å². The van der Waals surface area contributed by atoms with Crippen LogP contribution in [0.15, 0.2) is 45.3 Å². The number of anilines is 1. The Morgan fingerprint density at radius 3 is 2.67 bits per heavy atom. The normalized spacial score (nSPS) is 20.0. The Labute approximate surface area is 187 Å². The first-order valence-corrected chi connectivity index (χ1v) is 12.3.